The van der Waals surface area contributed by atoms with Gasteiger partial charge in [0.2, 0.25) is 10.0 Å². The molecule has 0 bridgehead atoms. The van der Waals surface area contributed by atoms with Gasteiger partial charge in [0, 0.05) is 6.54 Å². The lowest BCUT2D eigenvalue weighted by atomic mass is 10.1. The van der Waals surface area contributed by atoms with Crippen LogP contribution in [-0.4, -0.2) is 15.5 Å². The maximum Gasteiger partial charge on any atom is 0.242 e. The molecule has 0 unspecified atom stereocenters. The molecule has 0 atom stereocenters. The van der Waals surface area contributed by atoms with Crippen LogP contribution in [0.1, 0.15) is 11.1 Å². The predicted octanol–water partition coefficient (Wildman–Crippen LogP) is 2.52. The molecule has 0 aromatic heterocycles. The van der Waals surface area contributed by atoms with Crippen molar-refractivity contribution in [2.75, 3.05) is 12.4 Å². The highest BCUT2D eigenvalue weighted by Gasteiger charge is 2.15. The van der Waals surface area contributed by atoms with E-state index in [0.717, 1.165) is 5.56 Å². The zero-order valence-corrected chi connectivity index (χ0v) is 12.4. The van der Waals surface area contributed by atoms with Crippen molar-refractivity contribution in [3.63, 3.8) is 0 Å². The zero-order chi connectivity index (χ0) is 14.6. The predicted molar refractivity (Wildman–Crippen MR) is 81.2 cm³/mol. The molecule has 20 heavy (non-hydrogen) atoms. The fourth-order valence-electron chi connectivity index (χ4n) is 1.98. The Bertz CT molecular complexity index is 697. The smallest absolute Gasteiger partial charge is 0.242 e. The van der Waals surface area contributed by atoms with Crippen molar-refractivity contribution in [2.45, 2.75) is 18.4 Å². The van der Waals surface area contributed by atoms with E-state index in [0.29, 0.717) is 12.2 Å². The maximum atomic E-state index is 11.9. The van der Waals surface area contributed by atoms with E-state index in [1.54, 1.807) is 18.2 Å². The van der Waals surface area contributed by atoms with Crippen molar-refractivity contribution in [1.82, 2.24) is 4.72 Å². The van der Waals surface area contributed by atoms with Crippen LogP contribution in [0.5, 0.6) is 0 Å². The van der Waals surface area contributed by atoms with E-state index in [1.807, 2.05) is 31.2 Å². The van der Waals surface area contributed by atoms with E-state index in [4.69, 9.17) is 0 Å². The van der Waals surface area contributed by atoms with E-state index in [9.17, 15) is 8.42 Å². The minimum Gasteiger partial charge on any atom is -0.380 e. The van der Waals surface area contributed by atoms with E-state index >= 15 is 0 Å². The Balaban J connectivity index is 2.22. The second-order valence-electron chi connectivity index (χ2n) is 4.55. The van der Waals surface area contributed by atoms with Gasteiger partial charge in [-0.15, -0.1) is 0 Å². The van der Waals surface area contributed by atoms with Crippen LogP contribution in [0.4, 0.5) is 5.69 Å². The third-order valence-corrected chi connectivity index (χ3v) is 4.48. The lowest BCUT2D eigenvalue weighted by molar-refractivity contribution is 0.588. The number of benzene rings is 2. The molecule has 0 fully saturated rings. The molecule has 2 N–H and O–H groups in total. The molecule has 0 spiro atoms. The average molecular weight is 290 g/mol. The molecule has 2 aromatic carbocycles. The van der Waals surface area contributed by atoms with Gasteiger partial charge < -0.3 is 5.32 Å². The van der Waals surface area contributed by atoms with E-state index in [2.05, 4.69) is 16.1 Å². The molecule has 0 amide bonds. The summed E-state index contributed by atoms with van der Waals surface area (Å²) in [5, 5.41) is 3.18. The maximum absolute atomic E-state index is 11.9. The standard InChI is InChI=1S/C15H18N2O2S/c1-12-6-5-7-13(10-12)11-17-14-8-3-4-9-15(14)20(18,19)16-2/h3-10,16-17H,11H2,1-2H3. The minimum absolute atomic E-state index is 0.259. The molecule has 0 radical (unpaired) electrons. The molecule has 2 aromatic rings. The largest absolute Gasteiger partial charge is 0.380 e. The highest BCUT2D eigenvalue weighted by molar-refractivity contribution is 7.89. The fourth-order valence-corrected chi connectivity index (χ4v) is 2.88. The second kappa shape index (κ2) is 6.07. The number of aryl methyl sites for hydroxylation is 1. The Morgan fingerprint density at radius 2 is 1.80 bits per heavy atom. The third kappa shape index (κ3) is 3.37. The Morgan fingerprint density at radius 3 is 2.50 bits per heavy atom. The van der Waals surface area contributed by atoms with Crippen molar-refractivity contribution in [3.8, 4) is 0 Å². The second-order valence-corrected chi connectivity index (χ2v) is 6.40. The average Bonchev–Trinajstić information content (AvgIpc) is 2.45. The monoisotopic (exact) mass is 290 g/mol. The topological polar surface area (TPSA) is 58.2 Å². The van der Waals surface area contributed by atoms with E-state index in [1.165, 1.54) is 12.6 Å². The van der Waals surface area contributed by atoms with Gasteiger partial charge in [0.1, 0.15) is 4.90 Å². The molecule has 0 aliphatic rings. The van der Waals surface area contributed by atoms with Crippen LogP contribution < -0.4 is 10.0 Å². The first-order chi connectivity index (χ1) is 9.53. The Hall–Kier alpha value is -1.85. The number of sulfonamides is 1. The number of hydrogen-bond donors (Lipinski definition) is 2. The summed E-state index contributed by atoms with van der Waals surface area (Å²) < 4.78 is 26.2. The molecular formula is C15H18N2O2S. The van der Waals surface area contributed by atoms with Crippen molar-refractivity contribution in [3.05, 3.63) is 59.7 Å². The summed E-state index contributed by atoms with van der Waals surface area (Å²) in [5.74, 6) is 0. The van der Waals surface area contributed by atoms with Gasteiger partial charge in [-0.1, -0.05) is 42.0 Å². The van der Waals surface area contributed by atoms with Gasteiger partial charge in [-0.05, 0) is 31.7 Å². The molecule has 4 nitrogen and oxygen atoms in total. The van der Waals surface area contributed by atoms with Gasteiger partial charge >= 0.3 is 0 Å². The van der Waals surface area contributed by atoms with Crippen molar-refractivity contribution >= 4 is 15.7 Å². The first-order valence-electron chi connectivity index (χ1n) is 6.35. The summed E-state index contributed by atoms with van der Waals surface area (Å²) in [4.78, 5) is 0.259. The van der Waals surface area contributed by atoms with E-state index in [-0.39, 0.29) is 4.90 Å². The molecule has 0 saturated carbocycles. The summed E-state index contributed by atoms with van der Waals surface area (Å²) >= 11 is 0. The number of nitrogens with one attached hydrogen (secondary N) is 2. The minimum atomic E-state index is -3.45. The van der Waals surface area contributed by atoms with Crippen LogP contribution in [0.2, 0.25) is 0 Å². The molecule has 0 aliphatic heterocycles. The van der Waals surface area contributed by atoms with Gasteiger partial charge in [-0.3, -0.25) is 0 Å². The SMILES string of the molecule is CNS(=O)(=O)c1ccccc1NCc1cccc(C)c1. The molecule has 0 heterocycles. The summed E-state index contributed by atoms with van der Waals surface area (Å²) in [6, 6.07) is 15.0. The molecule has 106 valence electrons. The van der Waals surface area contributed by atoms with Crippen LogP contribution >= 0.6 is 0 Å². The van der Waals surface area contributed by atoms with Gasteiger partial charge in [-0.2, -0.15) is 0 Å². The third-order valence-electron chi connectivity index (χ3n) is 3.01. The van der Waals surface area contributed by atoms with Gasteiger partial charge in [0.15, 0.2) is 0 Å². The summed E-state index contributed by atoms with van der Waals surface area (Å²) in [6.45, 7) is 2.61. The first-order valence-corrected chi connectivity index (χ1v) is 7.83. The molecule has 0 aliphatic carbocycles. The summed E-state index contributed by atoms with van der Waals surface area (Å²) in [6.07, 6.45) is 0. The van der Waals surface area contributed by atoms with Gasteiger partial charge in [0.25, 0.3) is 0 Å². The van der Waals surface area contributed by atoms with Crippen LogP contribution in [0.3, 0.4) is 0 Å². The lowest BCUT2D eigenvalue weighted by Gasteiger charge is -2.12. The first kappa shape index (κ1) is 14.6. The normalized spacial score (nSPS) is 11.3. The number of rotatable bonds is 5. The highest BCUT2D eigenvalue weighted by atomic mass is 32.2. The number of hydrogen-bond acceptors (Lipinski definition) is 3. The van der Waals surface area contributed by atoms with E-state index < -0.39 is 10.0 Å². The molecule has 2 rings (SSSR count). The van der Waals surface area contributed by atoms with Gasteiger partial charge in [-0.25, -0.2) is 13.1 Å². The fraction of sp³-hybridized carbons (Fsp3) is 0.200. The van der Waals surface area contributed by atoms with Crippen molar-refractivity contribution in [2.24, 2.45) is 0 Å². The van der Waals surface area contributed by atoms with Crippen molar-refractivity contribution < 1.29 is 8.42 Å². The Labute approximate surface area is 119 Å². The summed E-state index contributed by atoms with van der Waals surface area (Å²) in [5.41, 5.74) is 2.89. The molecular weight excluding hydrogens is 272 g/mol. The Kier molecular flexibility index (Phi) is 4.42. The molecule has 5 heteroatoms. The zero-order valence-electron chi connectivity index (χ0n) is 11.6. The number of para-hydroxylation sites is 1. The van der Waals surface area contributed by atoms with Crippen LogP contribution in [0, 0.1) is 6.92 Å². The van der Waals surface area contributed by atoms with Crippen LogP contribution in [0.25, 0.3) is 0 Å². The number of anilines is 1. The Morgan fingerprint density at radius 1 is 1.05 bits per heavy atom. The van der Waals surface area contributed by atoms with Crippen LogP contribution in [0.15, 0.2) is 53.4 Å². The van der Waals surface area contributed by atoms with Crippen LogP contribution in [-0.2, 0) is 16.6 Å². The highest BCUT2D eigenvalue weighted by Crippen LogP contribution is 2.21. The molecule has 0 saturated heterocycles. The van der Waals surface area contributed by atoms with Crippen molar-refractivity contribution in [1.29, 1.82) is 0 Å². The lowest BCUT2D eigenvalue weighted by Crippen LogP contribution is -2.20. The van der Waals surface area contributed by atoms with Gasteiger partial charge in [0.05, 0.1) is 5.69 Å². The quantitative estimate of drug-likeness (QED) is 0.889. The summed E-state index contributed by atoms with van der Waals surface area (Å²) in [7, 11) is -2.04.